The van der Waals surface area contributed by atoms with Crippen molar-refractivity contribution in [1.29, 1.82) is 0 Å². The molecule has 0 radical (unpaired) electrons. The summed E-state index contributed by atoms with van der Waals surface area (Å²) < 4.78 is 0. The van der Waals surface area contributed by atoms with E-state index in [2.05, 4.69) is 43.4 Å². The molecule has 0 saturated carbocycles. The molecule has 2 nitrogen and oxygen atoms in total. The Bertz CT molecular complexity index is 327. The van der Waals surface area contributed by atoms with E-state index in [1.54, 1.807) is 0 Å². The first-order valence-corrected chi connectivity index (χ1v) is 5.72. The van der Waals surface area contributed by atoms with Gasteiger partial charge >= 0.3 is 0 Å². The molecule has 82 valence electrons. The van der Waals surface area contributed by atoms with Crippen molar-refractivity contribution in [3.05, 3.63) is 35.4 Å². The van der Waals surface area contributed by atoms with Crippen molar-refractivity contribution in [1.82, 2.24) is 5.32 Å². The number of hydrogen-bond donors (Lipinski definition) is 2. The van der Waals surface area contributed by atoms with Crippen LogP contribution < -0.4 is 11.1 Å². The largest absolute Gasteiger partial charge is 0.324 e. The lowest BCUT2D eigenvalue weighted by atomic mass is 9.84. The summed E-state index contributed by atoms with van der Waals surface area (Å²) in [5.74, 6) is 0.448. The number of aryl methyl sites for hydroxylation is 1. The maximum Gasteiger partial charge on any atom is 0.0333 e. The van der Waals surface area contributed by atoms with Crippen LogP contribution in [0.15, 0.2) is 24.3 Å². The number of nitrogens with one attached hydrogen (secondary N) is 1. The maximum atomic E-state index is 6.26. The second-order valence-electron chi connectivity index (χ2n) is 4.78. The zero-order valence-electron chi connectivity index (χ0n) is 9.59. The molecule has 0 spiro atoms. The summed E-state index contributed by atoms with van der Waals surface area (Å²) in [5.41, 5.74) is 8.91. The second kappa shape index (κ2) is 3.95. The normalized spacial score (nSPS) is 30.7. The molecule has 2 atom stereocenters. The molecule has 1 heterocycles. The molecule has 2 heteroatoms. The molecule has 1 aliphatic heterocycles. The fraction of sp³-hybridized carbons (Fsp3) is 0.538. The van der Waals surface area contributed by atoms with Crippen molar-refractivity contribution in [3.8, 4) is 0 Å². The van der Waals surface area contributed by atoms with Crippen molar-refractivity contribution in [2.24, 2.45) is 5.73 Å². The van der Waals surface area contributed by atoms with Gasteiger partial charge in [-0.2, -0.15) is 0 Å². The van der Waals surface area contributed by atoms with Crippen LogP contribution in [0.3, 0.4) is 0 Å². The number of rotatable bonds is 2. The van der Waals surface area contributed by atoms with E-state index in [4.69, 9.17) is 5.73 Å². The first-order chi connectivity index (χ1) is 7.13. The zero-order valence-corrected chi connectivity index (χ0v) is 9.59. The molecule has 1 aromatic rings. The van der Waals surface area contributed by atoms with Crippen molar-refractivity contribution in [3.63, 3.8) is 0 Å². The van der Waals surface area contributed by atoms with E-state index in [0.29, 0.717) is 5.92 Å². The summed E-state index contributed by atoms with van der Waals surface area (Å²) in [7, 11) is 0. The molecule has 3 N–H and O–H groups in total. The van der Waals surface area contributed by atoms with E-state index in [-0.39, 0.29) is 5.54 Å². The van der Waals surface area contributed by atoms with E-state index < -0.39 is 0 Å². The highest BCUT2D eigenvalue weighted by Gasteiger charge is 2.35. The van der Waals surface area contributed by atoms with E-state index in [0.717, 1.165) is 19.5 Å². The molecular weight excluding hydrogens is 184 g/mol. The first kappa shape index (κ1) is 10.7. The van der Waals surface area contributed by atoms with Gasteiger partial charge in [0.25, 0.3) is 0 Å². The van der Waals surface area contributed by atoms with Gasteiger partial charge in [-0.15, -0.1) is 0 Å². The third-order valence-electron chi connectivity index (χ3n) is 3.44. The van der Waals surface area contributed by atoms with Gasteiger partial charge in [-0.25, -0.2) is 0 Å². The summed E-state index contributed by atoms with van der Waals surface area (Å²) in [6, 6.07) is 8.87. The molecule has 0 aliphatic carbocycles. The highest BCUT2D eigenvalue weighted by atomic mass is 15.0. The summed E-state index contributed by atoms with van der Waals surface area (Å²) in [6.45, 7) is 6.22. The van der Waals surface area contributed by atoms with E-state index in [1.807, 2.05) is 0 Å². The van der Waals surface area contributed by atoms with Gasteiger partial charge in [0.2, 0.25) is 0 Å². The Morgan fingerprint density at radius 3 is 2.53 bits per heavy atom. The minimum Gasteiger partial charge on any atom is -0.324 e. The highest BCUT2D eigenvalue weighted by molar-refractivity contribution is 5.29. The van der Waals surface area contributed by atoms with Crippen LogP contribution in [0.4, 0.5) is 0 Å². The second-order valence-corrected chi connectivity index (χ2v) is 4.78. The molecular formula is C13H20N2. The molecule has 1 fully saturated rings. The van der Waals surface area contributed by atoms with Crippen LogP contribution in [-0.2, 0) is 6.42 Å². The van der Waals surface area contributed by atoms with Crippen LogP contribution >= 0.6 is 0 Å². The lowest BCUT2D eigenvalue weighted by Gasteiger charge is -2.26. The fourth-order valence-electron chi connectivity index (χ4n) is 2.33. The molecule has 15 heavy (non-hydrogen) atoms. The Balaban J connectivity index is 2.22. The van der Waals surface area contributed by atoms with Gasteiger partial charge in [0.1, 0.15) is 0 Å². The number of nitrogens with two attached hydrogens (primary N) is 1. The summed E-state index contributed by atoms with van der Waals surface area (Å²) >= 11 is 0. The van der Waals surface area contributed by atoms with E-state index >= 15 is 0 Å². The maximum absolute atomic E-state index is 6.26. The fourth-order valence-corrected chi connectivity index (χ4v) is 2.33. The molecule has 1 aromatic carbocycles. The van der Waals surface area contributed by atoms with Gasteiger partial charge in [-0.05, 0) is 24.5 Å². The van der Waals surface area contributed by atoms with E-state index in [1.165, 1.54) is 11.1 Å². The van der Waals surface area contributed by atoms with Gasteiger partial charge in [-0.1, -0.05) is 31.2 Å². The zero-order chi connectivity index (χ0) is 10.9. The molecule has 0 amide bonds. The predicted octanol–water partition coefficient (Wildman–Crippen LogP) is 1.65. The summed E-state index contributed by atoms with van der Waals surface area (Å²) in [5, 5.41) is 3.36. The Hall–Kier alpha value is -0.860. The quantitative estimate of drug-likeness (QED) is 0.769. The van der Waals surface area contributed by atoms with Gasteiger partial charge in [-0.3, -0.25) is 0 Å². The van der Waals surface area contributed by atoms with Crippen molar-refractivity contribution in [2.75, 3.05) is 13.1 Å². The SMILES string of the molecule is CCc1ccc([C@@H]2CNC[C@@]2(C)N)cc1. The minimum atomic E-state index is -0.103. The molecule has 0 bridgehead atoms. The number of benzene rings is 1. The van der Waals surface area contributed by atoms with Gasteiger partial charge in [0, 0.05) is 24.5 Å². The van der Waals surface area contributed by atoms with Gasteiger partial charge in [0.05, 0.1) is 0 Å². The van der Waals surface area contributed by atoms with E-state index in [9.17, 15) is 0 Å². The molecule has 0 aromatic heterocycles. The van der Waals surface area contributed by atoms with Crippen LogP contribution in [0.2, 0.25) is 0 Å². The number of hydrogen-bond acceptors (Lipinski definition) is 2. The predicted molar refractivity (Wildman–Crippen MR) is 64.0 cm³/mol. The lowest BCUT2D eigenvalue weighted by molar-refractivity contribution is 0.462. The molecule has 1 aliphatic rings. The summed E-state index contributed by atoms with van der Waals surface area (Å²) in [6.07, 6.45) is 1.10. The Morgan fingerprint density at radius 1 is 1.40 bits per heavy atom. The van der Waals surface area contributed by atoms with Crippen LogP contribution in [0.5, 0.6) is 0 Å². The topological polar surface area (TPSA) is 38.0 Å². The van der Waals surface area contributed by atoms with Crippen molar-refractivity contribution in [2.45, 2.75) is 31.7 Å². The van der Waals surface area contributed by atoms with Crippen LogP contribution in [0.1, 0.15) is 30.9 Å². The lowest BCUT2D eigenvalue weighted by Crippen LogP contribution is -2.42. The van der Waals surface area contributed by atoms with Gasteiger partial charge in [0.15, 0.2) is 0 Å². The molecule has 1 saturated heterocycles. The summed E-state index contributed by atoms with van der Waals surface area (Å²) in [4.78, 5) is 0. The Morgan fingerprint density at radius 2 is 2.07 bits per heavy atom. The van der Waals surface area contributed by atoms with Crippen LogP contribution in [0.25, 0.3) is 0 Å². The van der Waals surface area contributed by atoms with Crippen molar-refractivity contribution < 1.29 is 0 Å². The molecule has 2 rings (SSSR count). The third kappa shape index (κ3) is 2.06. The van der Waals surface area contributed by atoms with Crippen LogP contribution in [-0.4, -0.2) is 18.6 Å². The smallest absolute Gasteiger partial charge is 0.0333 e. The Kier molecular flexibility index (Phi) is 2.81. The molecule has 0 unspecified atom stereocenters. The average Bonchev–Trinajstić information content (AvgIpc) is 2.58. The Labute approximate surface area is 91.9 Å². The standard InChI is InChI=1S/C13H20N2/c1-3-10-4-6-11(7-5-10)12-8-15-9-13(12,2)14/h4-7,12,15H,3,8-9,14H2,1-2H3/t12-,13+/m0/s1. The first-order valence-electron chi connectivity index (χ1n) is 5.72. The average molecular weight is 204 g/mol. The van der Waals surface area contributed by atoms with Crippen molar-refractivity contribution >= 4 is 0 Å². The highest BCUT2D eigenvalue weighted by Crippen LogP contribution is 2.29. The van der Waals surface area contributed by atoms with Crippen LogP contribution in [0, 0.1) is 0 Å². The third-order valence-corrected chi connectivity index (χ3v) is 3.44. The minimum absolute atomic E-state index is 0.103. The monoisotopic (exact) mass is 204 g/mol. The van der Waals surface area contributed by atoms with Gasteiger partial charge < -0.3 is 11.1 Å².